The maximum Gasteiger partial charge on any atom is 0.338 e. The highest BCUT2D eigenvalue weighted by Gasteiger charge is 2.34. The van der Waals surface area contributed by atoms with Crippen LogP contribution in [-0.4, -0.2) is 32.8 Å². The summed E-state index contributed by atoms with van der Waals surface area (Å²) in [4.78, 5) is 12.9. The van der Waals surface area contributed by atoms with Crippen LogP contribution in [0.2, 0.25) is 5.02 Å². The molecule has 1 aromatic heterocycles. The summed E-state index contributed by atoms with van der Waals surface area (Å²) in [7, 11) is 0. The Balaban J connectivity index is 1.72. The maximum absolute atomic E-state index is 12.9. The van der Waals surface area contributed by atoms with Crippen molar-refractivity contribution in [2.75, 3.05) is 11.9 Å². The molecule has 2 heterocycles. The van der Waals surface area contributed by atoms with E-state index in [1.165, 1.54) is 25.7 Å². The molecular formula is C20H26ClN5O2. The maximum atomic E-state index is 12.9. The van der Waals surface area contributed by atoms with Gasteiger partial charge in [0, 0.05) is 10.7 Å². The fraction of sp³-hybridized carbons (Fsp3) is 0.500. The molecule has 1 aliphatic heterocycles. The molecule has 2 aromatic rings. The van der Waals surface area contributed by atoms with Crippen LogP contribution in [-0.2, 0) is 9.53 Å². The largest absolute Gasteiger partial charge is 0.462 e. The van der Waals surface area contributed by atoms with Gasteiger partial charge in [-0.05, 0) is 41.5 Å². The zero-order valence-corrected chi connectivity index (χ0v) is 17.1. The van der Waals surface area contributed by atoms with Crippen LogP contribution in [0.25, 0.3) is 0 Å². The Labute approximate surface area is 170 Å². The SMILES string of the molecule is CCCCCCCCOC(=O)C1=C(C)Nc2nnnn2C1c1ccc(Cl)cc1. The van der Waals surface area contributed by atoms with Gasteiger partial charge in [-0.15, -0.1) is 0 Å². The Bertz CT molecular complexity index is 831. The fourth-order valence-electron chi connectivity index (χ4n) is 3.35. The molecule has 1 N–H and O–H groups in total. The molecule has 0 amide bonds. The molecule has 0 radical (unpaired) electrons. The Morgan fingerprint density at radius 3 is 2.64 bits per heavy atom. The fourth-order valence-corrected chi connectivity index (χ4v) is 3.48. The molecular weight excluding hydrogens is 378 g/mol. The quantitative estimate of drug-likeness (QED) is 0.489. The van der Waals surface area contributed by atoms with E-state index in [9.17, 15) is 4.79 Å². The molecule has 7 nitrogen and oxygen atoms in total. The second-order valence-corrected chi connectivity index (χ2v) is 7.40. The van der Waals surface area contributed by atoms with Gasteiger partial charge in [0.2, 0.25) is 5.95 Å². The standard InChI is InChI=1S/C20H26ClN5O2/c1-3-4-5-6-7-8-13-28-19(27)17-14(2)22-20-23-24-25-26(20)18(17)15-9-11-16(21)12-10-15/h9-12,18H,3-8,13H2,1-2H3,(H,22,23,25). The van der Waals surface area contributed by atoms with Crippen LogP contribution in [0, 0.1) is 0 Å². The third kappa shape index (κ3) is 4.70. The van der Waals surface area contributed by atoms with E-state index in [-0.39, 0.29) is 5.97 Å². The van der Waals surface area contributed by atoms with E-state index in [1.807, 2.05) is 19.1 Å². The van der Waals surface area contributed by atoms with E-state index in [1.54, 1.807) is 16.8 Å². The summed E-state index contributed by atoms with van der Waals surface area (Å²) in [5, 5.41) is 15.5. The van der Waals surface area contributed by atoms with Gasteiger partial charge in [0.05, 0.1) is 12.2 Å². The van der Waals surface area contributed by atoms with Gasteiger partial charge in [0.1, 0.15) is 6.04 Å². The van der Waals surface area contributed by atoms with Gasteiger partial charge in [-0.2, -0.15) is 4.68 Å². The highest BCUT2D eigenvalue weighted by molar-refractivity contribution is 6.30. The molecule has 0 aliphatic carbocycles. The van der Waals surface area contributed by atoms with Crippen molar-refractivity contribution < 1.29 is 9.53 Å². The number of rotatable bonds is 9. The number of anilines is 1. The minimum absolute atomic E-state index is 0.348. The zero-order chi connectivity index (χ0) is 19.9. The Hall–Kier alpha value is -2.41. The second-order valence-electron chi connectivity index (χ2n) is 6.97. The lowest BCUT2D eigenvalue weighted by Gasteiger charge is -2.27. The van der Waals surface area contributed by atoms with Crippen molar-refractivity contribution >= 4 is 23.5 Å². The summed E-state index contributed by atoms with van der Waals surface area (Å²) in [6.45, 7) is 4.45. The molecule has 3 rings (SSSR count). The number of carbonyl (C=O) groups is 1. The van der Waals surface area contributed by atoms with Gasteiger partial charge in [-0.3, -0.25) is 0 Å². The van der Waals surface area contributed by atoms with Crippen molar-refractivity contribution in [2.24, 2.45) is 0 Å². The van der Waals surface area contributed by atoms with Crippen LogP contribution in [0.15, 0.2) is 35.5 Å². The summed E-state index contributed by atoms with van der Waals surface area (Å²) >= 11 is 6.02. The predicted octanol–water partition coefficient (Wildman–Crippen LogP) is 4.52. The Morgan fingerprint density at radius 1 is 1.18 bits per heavy atom. The molecule has 0 bridgehead atoms. The average molecular weight is 404 g/mol. The molecule has 1 atom stereocenters. The number of carbonyl (C=O) groups excluding carboxylic acids is 1. The summed E-state index contributed by atoms with van der Waals surface area (Å²) in [6.07, 6.45) is 6.84. The average Bonchev–Trinajstić information content (AvgIpc) is 3.14. The third-order valence-electron chi connectivity index (χ3n) is 4.85. The van der Waals surface area contributed by atoms with E-state index in [2.05, 4.69) is 27.8 Å². The normalized spacial score (nSPS) is 15.9. The number of allylic oxidation sites excluding steroid dienone is 1. The number of hydrogen-bond acceptors (Lipinski definition) is 6. The molecule has 0 saturated carbocycles. The summed E-state index contributed by atoms with van der Waals surface area (Å²) in [5.41, 5.74) is 2.06. The van der Waals surface area contributed by atoms with E-state index < -0.39 is 6.04 Å². The van der Waals surface area contributed by atoms with Crippen molar-refractivity contribution in [1.29, 1.82) is 0 Å². The topological polar surface area (TPSA) is 81.9 Å². The molecule has 1 unspecified atom stereocenters. The van der Waals surface area contributed by atoms with Gasteiger partial charge in [0.15, 0.2) is 0 Å². The second kappa shape index (κ2) is 9.68. The van der Waals surface area contributed by atoms with E-state index in [0.717, 1.165) is 18.4 Å². The minimum Gasteiger partial charge on any atom is -0.462 e. The van der Waals surface area contributed by atoms with Crippen molar-refractivity contribution in [2.45, 2.75) is 58.4 Å². The molecule has 1 aromatic carbocycles. The first-order valence-corrected chi connectivity index (χ1v) is 10.2. The number of unbranched alkanes of at least 4 members (excludes halogenated alkanes) is 5. The lowest BCUT2D eigenvalue weighted by Crippen LogP contribution is -2.29. The number of hydrogen-bond donors (Lipinski definition) is 1. The number of fused-ring (bicyclic) bond motifs is 1. The lowest BCUT2D eigenvalue weighted by molar-refractivity contribution is -0.139. The molecule has 28 heavy (non-hydrogen) atoms. The number of esters is 1. The first-order chi connectivity index (χ1) is 13.6. The van der Waals surface area contributed by atoms with Gasteiger partial charge in [-0.25, -0.2) is 4.79 Å². The van der Waals surface area contributed by atoms with Crippen molar-refractivity contribution in [3.8, 4) is 0 Å². The number of benzene rings is 1. The van der Waals surface area contributed by atoms with E-state index in [4.69, 9.17) is 16.3 Å². The molecule has 8 heteroatoms. The van der Waals surface area contributed by atoms with Crippen LogP contribution in [0.4, 0.5) is 5.95 Å². The predicted molar refractivity (Wildman–Crippen MR) is 108 cm³/mol. The number of nitrogens with one attached hydrogen (secondary N) is 1. The van der Waals surface area contributed by atoms with Crippen molar-refractivity contribution in [3.63, 3.8) is 0 Å². The zero-order valence-electron chi connectivity index (χ0n) is 16.3. The third-order valence-corrected chi connectivity index (χ3v) is 5.10. The smallest absolute Gasteiger partial charge is 0.338 e. The van der Waals surface area contributed by atoms with Crippen LogP contribution in [0.5, 0.6) is 0 Å². The van der Waals surface area contributed by atoms with Crippen LogP contribution in [0.1, 0.15) is 64.0 Å². The van der Waals surface area contributed by atoms with Crippen LogP contribution < -0.4 is 5.32 Å². The lowest BCUT2D eigenvalue weighted by atomic mass is 9.96. The summed E-state index contributed by atoms with van der Waals surface area (Å²) in [6, 6.07) is 6.87. The van der Waals surface area contributed by atoms with Gasteiger partial charge < -0.3 is 10.1 Å². The van der Waals surface area contributed by atoms with Crippen LogP contribution >= 0.6 is 11.6 Å². The van der Waals surface area contributed by atoms with E-state index >= 15 is 0 Å². The number of tetrazole rings is 1. The minimum atomic E-state index is -0.458. The highest BCUT2D eigenvalue weighted by atomic mass is 35.5. The molecule has 150 valence electrons. The number of ether oxygens (including phenoxy) is 1. The number of nitrogens with zero attached hydrogens (tertiary/aromatic N) is 4. The molecule has 1 aliphatic rings. The molecule has 0 spiro atoms. The van der Waals surface area contributed by atoms with Gasteiger partial charge in [0.25, 0.3) is 0 Å². The summed E-state index contributed by atoms with van der Waals surface area (Å²) in [5.74, 6) is 0.143. The monoisotopic (exact) mass is 403 g/mol. The number of aromatic nitrogens is 4. The van der Waals surface area contributed by atoms with Gasteiger partial charge in [-0.1, -0.05) is 67.9 Å². The van der Waals surface area contributed by atoms with Crippen molar-refractivity contribution in [3.05, 3.63) is 46.1 Å². The Kier molecular flexibility index (Phi) is 7.03. The first-order valence-electron chi connectivity index (χ1n) is 9.80. The van der Waals surface area contributed by atoms with Crippen molar-refractivity contribution in [1.82, 2.24) is 20.2 Å². The first kappa shape index (κ1) is 20.3. The highest BCUT2D eigenvalue weighted by Crippen LogP contribution is 2.35. The van der Waals surface area contributed by atoms with Crippen LogP contribution in [0.3, 0.4) is 0 Å². The summed E-state index contributed by atoms with van der Waals surface area (Å²) < 4.78 is 7.18. The molecule has 0 fully saturated rings. The van der Waals surface area contributed by atoms with E-state index in [0.29, 0.717) is 28.8 Å². The van der Waals surface area contributed by atoms with Gasteiger partial charge >= 0.3 is 5.97 Å². The molecule has 0 saturated heterocycles. The Morgan fingerprint density at radius 2 is 1.89 bits per heavy atom. The number of halogens is 1.